The molecule has 2 N–H and O–H groups in total. The van der Waals surface area contributed by atoms with Crippen LogP contribution in [0.3, 0.4) is 0 Å². The standard InChI is InChI=1S/C8H15N/c1-6(2)7(3)5-8(4)9/h5-6H,3,9H2,1-2,4H3/b8-5-. The molecule has 0 amide bonds. The summed E-state index contributed by atoms with van der Waals surface area (Å²) < 4.78 is 0. The van der Waals surface area contributed by atoms with Gasteiger partial charge in [-0.1, -0.05) is 26.0 Å². The van der Waals surface area contributed by atoms with E-state index in [2.05, 4.69) is 20.4 Å². The molecule has 0 aromatic carbocycles. The summed E-state index contributed by atoms with van der Waals surface area (Å²) in [6.07, 6.45) is 1.91. The Morgan fingerprint density at radius 2 is 2.00 bits per heavy atom. The maximum Gasteiger partial charge on any atom is 0.00515 e. The Balaban J connectivity index is 3.93. The zero-order valence-electron chi connectivity index (χ0n) is 6.44. The first-order valence-corrected chi connectivity index (χ1v) is 3.16. The van der Waals surface area contributed by atoms with Crippen LogP contribution in [0.15, 0.2) is 23.9 Å². The van der Waals surface area contributed by atoms with E-state index in [1.54, 1.807) is 0 Å². The molecule has 0 rings (SSSR count). The van der Waals surface area contributed by atoms with Gasteiger partial charge in [0, 0.05) is 5.70 Å². The summed E-state index contributed by atoms with van der Waals surface area (Å²) in [6, 6.07) is 0. The first kappa shape index (κ1) is 8.28. The monoisotopic (exact) mass is 125 g/mol. The van der Waals surface area contributed by atoms with Crippen molar-refractivity contribution >= 4 is 0 Å². The number of hydrogen-bond acceptors (Lipinski definition) is 1. The van der Waals surface area contributed by atoms with E-state index in [9.17, 15) is 0 Å². The molecule has 0 aromatic heterocycles. The molecule has 0 aliphatic carbocycles. The van der Waals surface area contributed by atoms with Gasteiger partial charge in [0.1, 0.15) is 0 Å². The third-order valence-electron chi connectivity index (χ3n) is 1.15. The van der Waals surface area contributed by atoms with Crippen LogP contribution in [0.25, 0.3) is 0 Å². The lowest BCUT2D eigenvalue weighted by atomic mass is 10.0. The van der Waals surface area contributed by atoms with Crippen LogP contribution in [0.4, 0.5) is 0 Å². The predicted molar refractivity (Wildman–Crippen MR) is 41.9 cm³/mol. The second-order valence-corrected chi connectivity index (χ2v) is 2.62. The first-order valence-electron chi connectivity index (χ1n) is 3.16. The zero-order valence-corrected chi connectivity index (χ0v) is 6.44. The van der Waals surface area contributed by atoms with Gasteiger partial charge in [-0.15, -0.1) is 0 Å². The normalized spacial score (nSPS) is 12.2. The van der Waals surface area contributed by atoms with Gasteiger partial charge < -0.3 is 5.73 Å². The average molecular weight is 125 g/mol. The Morgan fingerprint density at radius 3 is 2.11 bits per heavy atom. The molecule has 0 radical (unpaired) electrons. The highest BCUT2D eigenvalue weighted by atomic mass is 14.5. The maximum absolute atomic E-state index is 5.43. The Bertz CT molecular complexity index is 128. The molecular weight excluding hydrogens is 110 g/mol. The third kappa shape index (κ3) is 3.83. The molecule has 9 heavy (non-hydrogen) atoms. The number of allylic oxidation sites excluding steroid dienone is 3. The van der Waals surface area contributed by atoms with Crippen LogP contribution in [0, 0.1) is 5.92 Å². The number of nitrogens with two attached hydrogens (primary N) is 1. The molecule has 0 fully saturated rings. The van der Waals surface area contributed by atoms with Crippen molar-refractivity contribution in [3.63, 3.8) is 0 Å². The van der Waals surface area contributed by atoms with E-state index >= 15 is 0 Å². The minimum Gasteiger partial charge on any atom is -0.402 e. The van der Waals surface area contributed by atoms with E-state index in [4.69, 9.17) is 5.73 Å². The van der Waals surface area contributed by atoms with Gasteiger partial charge in [-0.3, -0.25) is 0 Å². The maximum atomic E-state index is 5.43. The molecule has 0 heterocycles. The molecule has 1 heteroatoms. The fourth-order valence-corrected chi connectivity index (χ4v) is 0.459. The van der Waals surface area contributed by atoms with Crippen LogP contribution in [0.2, 0.25) is 0 Å². The molecule has 0 saturated heterocycles. The minimum atomic E-state index is 0.503. The van der Waals surface area contributed by atoms with Crippen LogP contribution < -0.4 is 5.73 Å². The second kappa shape index (κ2) is 3.33. The van der Waals surface area contributed by atoms with E-state index in [0.29, 0.717) is 5.92 Å². The topological polar surface area (TPSA) is 26.0 Å². The quantitative estimate of drug-likeness (QED) is 0.562. The Labute approximate surface area is 57.3 Å². The summed E-state index contributed by atoms with van der Waals surface area (Å²) in [7, 11) is 0. The highest BCUT2D eigenvalue weighted by molar-refractivity contribution is 5.19. The summed E-state index contributed by atoms with van der Waals surface area (Å²) in [6.45, 7) is 9.90. The van der Waals surface area contributed by atoms with Crippen molar-refractivity contribution in [2.75, 3.05) is 0 Å². The molecule has 0 aliphatic heterocycles. The first-order chi connectivity index (χ1) is 4.04. The summed E-state index contributed by atoms with van der Waals surface area (Å²) in [4.78, 5) is 0. The molecular formula is C8H15N. The van der Waals surface area contributed by atoms with Gasteiger partial charge >= 0.3 is 0 Å². The van der Waals surface area contributed by atoms with Crippen molar-refractivity contribution in [2.45, 2.75) is 20.8 Å². The van der Waals surface area contributed by atoms with Gasteiger partial charge in [0.25, 0.3) is 0 Å². The van der Waals surface area contributed by atoms with Gasteiger partial charge in [-0.2, -0.15) is 0 Å². The third-order valence-corrected chi connectivity index (χ3v) is 1.15. The second-order valence-electron chi connectivity index (χ2n) is 2.62. The van der Waals surface area contributed by atoms with Crippen LogP contribution in [0.1, 0.15) is 20.8 Å². The van der Waals surface area contributed by atoms with Crippen molar-refractivity contribution < 1.29 is 0 Å². The van der Waals surface area contributed by atoms with Crippen molar-refractivity contribution in [3.05, 3.63) is 23.9 Å². The minimum absolute atomic E-state index is 0.503. The fourth-order valence-electron chi connectivity index (χ4n) is 0.459. The van der Waals surface area contributed by atoms with Gasteiger partial charge in [-0.25, -0.2) is 0 Å². The fraction of sp³-hybridized carbons (Fsp3) is 0.500. The van der Waals surface area contributed by atoms with E-state index in [1.165, 1.54) is 0 Å². The summed E-state index contributed by atoms with van der Waals surface area (Å²) in [5, 5.41) is 0. The van der Waals surface area contributed by atoms with Gasteiger partial charge in [0.15, 0.2) is 0 Å². The van der Waals surface area contributed by atoms with Gasteiger partial charge in [0.05, 0.1) is 0 Å². The summed E-state index contributed by atoms with van der Waals surface area (Å²) in [5.74, 6) is 0.503. The van der Waals surface area contributed by atoms with Gasteiger partial charge in [0.2, 0.25) is 0 Å². The highest BCUT2D eigenvalue weighted by Crippen LogP contribution is 2.08. The van der Waals surface area contributed by atoms with E-state index in [-0.39, 0.29) is 0 Å². The van der Waals surface area contributed by atoms with Crippen molar-refractivity contribution in [1.29, 1.82) is 0 Å². The van der Waals surface area contributed by atoms with Gasteiger partial charge in [-0.05, 0) is 18.9 Å². The van der Waals surface area contributed by atoms with Crippen molar-refractivity contribution in [2.24, 2.45) is 11.7 Å². The van der Waals surface area contributed by atoms with Crippen LogP contribution in [-0.2, 0) is 0 Å². The highest BCUT2D eigenvalue weighted by Gasteiger charge is 1.94. The Kier molecular flexibility index (Phi) is 3.07. The van der Waals surface area contributed by atoms with E-state index < -0.39 is 0 Å². The molecule has 52 valence electrons. The smallest absolute Gasteiger partial charge is 0.00515 e. The molecule has 0 atom stereocenters. The molecule has 0 saturated carbocycles. The Morgan fingerprint density at radius 1 is 1.56 bits per heavy atom. The van der Waals surface area contributed by atoms with E-state index in [1.807, 2.05) is 13.0 Å². The lowest BCUT2D eigenvalue weighted by molar-refractivity contribution is 0.793. The molecule has 0 spiro atoms. The lowest BCUT2D eigenvalue weighted by Crippen LogP contribution is -1.94. The number of hydrogen-bond donors (Lipinski definition) is 1. The zero-order chi connectivity index (χ0) is 7.44. The van der Waals surface area contributed by atoms with Crippen LogP contribution in [-0.4, -0.2) is 0 Å². The van der Waals surface area contributed by atoms with Crippen LogP contribution >= 0.6 is 0 Å². The Hall–Kier alpha value is -0.720. The molecule has 0 bridgehead atoms. The summed E-state index contributed by atoms with van der Waals surface area (Å²) in [5.41, 5.74) is 7.35. The predicted octanol–water partition coefficient (Wildman–Crippen LogP) is 2.06. The summed E-state index contributed by atoms with van der Waals surface area (Å²) >= 11 is 0. The van der Waals surface area contributed by atoms with Crippen molar-refractivity contribution in [3.8, 4) is 0 Å². The van der Waals surface area contributed by atoms with Crippen molar-refractivity contribution in [1.82, 2.24) is 0 Å². The largest absolute Gasteiger partial charge is 0.402 e. The van der Waals surface area contributed by atoms with E-state index in [0.717, 1.165) is 11.3 Å². The average Bonchev–Trinajstić information content (AvgIpc) is 1.63. The van der Waals surface area contributed by atoms with Crippen LogP contribution in [0.5, 0.6) is 0 Å². The number of rotatable bonds is 2. The molecule has 1 nitrogen and oxygen atoms in total. The molecule has 0 aliphatic rings. The lowest BCUT2D eigenvalue weighted by Gasteiger charge is -2.02. The molecule has 0 aromatic rings. The molecule has 0 unspecified atom stereocenters. The SMILES string of the molecule is C=C(/C=C(/C)N)C(C)C.